The molecule has 0 aromatic carbocycles. The Morgan fingerprint density at radius 3 is 2.44 bits per heavy atom. The summed E-state index contributed by atoms with van der Waals surface area (Å²) in [4.78, 5) is 2.77. The van der Waals surface area contributed by atoms with Crippen molar-refractivity contribution >= 4 is 0 Å². The summed E-state index contributed by atoms with van der Waals surface area (Å²) in [6.07, 6.45) is 9.69. The predicted octanol–water partition coefficient (Wildman–Crippen LogP) is 3.40. The SMILES string of the molecule is CCC1CCCC(CN)(N(CC2CC2)C(C)C)C1. The number of hydrogen-bond donors (Lipinski definition) is 1. The second kappa shape index (κ2) is 5.92. The molecular formula is C16H32N2. The molecule has 0 saturated heterocycles. The molecule has 2 saturated carbocycles. The van der Waals surface area contributed by atoms with E-state index >= 15 is 0 Å². The molecule has 2 fully saturated rings. The minimum Gasteiger partial charge on any atom is -0.329 e. The lowest BCUT2D eigenvalue weighted by molar-refractivity contribution is 0.00763. The largest absolute Gasteiger partial charge is 0.329 e. The van der Waals surface area contributed by atoms with Crippen molar-refractivity contribution in [2.24, 2.45) is 17.6 Å². The quantitative estimate of drug-likeness (QED) is 0.785. The first-order chi connectivity index (χ1) is 8.61. The zero-order chi connectivity index (χ0) is 13.2. The summed E-state index contributed by atoms with van der Waals surface area (Å²) in [6.45, 7) is 9.21. The van der Waals surface area contributed by atoms with Crippen LogP contribution in [0.25, 0.3) is 0 Å². The normalized spacial score (nSPS) is 33.3. The third-order valence-corrected chi connectivity index (χ3v) is 5.26. The molecule has 2 rings (SSSR count). The molecule has 0 amide bonds. The predicted molar refractivity (Wildman–Crippen MR) is 78.6 cm³/mol. The van der Waals surface area contributed by atoms with Crippen LogP contribution in [0.4, 0.5) is 0 Å². The second-order valence-corrected chi connectivity index (χ2v) is 6.99. The Morgan fingerprint density at radius 2 is 1.94 bits per heavy atom. The van der Waals surface area contributed by atoms with E-state index in [2.05, 4.69) is 25.7 Å². The first-order valence-electron chi connectivity index (χ1n) is 8.08. The van der Waals surface area contributed by atoms with Gasteiger partial charge < -0.3 is 5.73 Å². The molecule has 0 aliphatic heterocycles. The standard InChI is InChI=1S/C16H32N2/c1-4-14-6-5-9-16(10-14,12-17)18(13(2)3)11-15-7-8-15/h13-15H,4-12,17H2,1-3H3. The maximum Gasteiger partial charge on any atom is 0.0337 e. The van der Waals surface area contributed by atoms with Gasteiger partial charge in [-0.3, -0.25) is 4.90 Å². The van der Waals surface area contributed by atoms with Crippen LogP contribution in [-0.2, 0) is 0 Å². The molecule has 2 unspecified atom stereocenters. The van der Waals surface area contributed by atoms with Crippen molar-refractivity contribution in [1.82, 2.24) is 4.90 Å². The summed E-state index contributed by atoms with van der Waals surface area (Å²) >= 11 is 0. The molecule has 2 nitrogen and oxygen atoms in total. The van der Waals surface area contributed by atoms with Gasteiger partial charge in [0.15, 0.2) is 0 Å². The minimum atomic E-state index is 0.315. The van der Waals surface area contributed by atoms with Crippen LogP contribution in [0.3, 0.4) is 0 Å². The summed E-state index contributed by atoms with van der Waals surface area (Å²) in [5, 5.41) is 0. The third kappa shape index (κ3) is 3.08. The summed E-state index contributed by atoms with van der Waals surface area (Å²) < 4.78 is 0. The molecule has 2 heteroatoms. The van der Waals surface area contributed by atoms with Crippen molar-refractivity contribution in [3.63, 3.8) is 0 Å². The average Bonchev–Trinajstić information content (AvgIpc) is 3.19. The topological polar surface area (TPSA) is 29.3 Å². The lowest BCUT2D eigenvalue weighted by Crippen LogP contribution is -2.59. The van der Waals surface area contributed by atoms with Crippen molar-refractivity contribution in [3.05, 3.63) is 0 Å². The number of nitrogens with zero attached hydrogens (tertiary/aromatic N) is 1. The van der Waals surface area contributed by atoms with E-state index in [0.29, 0.717) is 11.6 Å². The van der Waals surface area contributed by atoms with E-state index in [1.54, 1.807) is 0 Å². The second-order valence-electron chi connectivity index (χ2n) is 6.99. The smallest absolute Gasteiger partial charge is 0.0337 e. The van der Waals surface area contributed by atoms with Crippen LogP contribution in [0.2, 0.25) is 0 Å². The number of nitrogens with two attached hydrogens (primary N) is 1. The highest BCUT2D eigenvalue weighted by Gasteiger charge is 2.42. The Balaban J connectivity index is 2.10. The van der Waals surface area contributed by atoms with Gasteiger partial charge in [-0.05, 0) is 51.4 Å². The van der Waals surface area contributed by atoms with Gasteiger partial charge in [0.2, 0.25) is 0 Å². The summed E-state index contributed by atoms with van der Waals surface area (Å²) in [7, 11) is 0. The van der Waals surface area contributed by atoms with Crippen LogP contribution in [0.15, 0.2) is 0 Å². The van der Waals surface area contributed by atoms with Gasteiger partial charge in [-0.2, -0.15) is 0 Å². The highest BCUT2D eigenvalue weighted by molar-refractivity contribution is 4.99. The van der Waals surface area contributed by atoms with Gasteiger partial charge in [0.05, 0.1) is 0 Å². The maximum atomic E-state index is 6.25. The van der Waals surface area contributed by atoms with Gasteiger partial charge in [0, 0.05) is 24.7 Å². The van der Waals surface area contributed by atoms with E-state index in [-0.39, 0.29) is 0 Å². The monoisotopic (exact) mass is 252 g/mol. The van der Waals surface area contributed by atoms with Gasteiger partial charge in [0.1, 0.15) is 0 Å². The molecule has 0 aromatic heterocycles. The van der Waals surface area contributed by atoms with Crippen LogP contribution in [0.1, 0.15) is 65.7 Å². The first kappa shape index (κ1) is 14.3. The zero-order valence-electron chi connectivity index (χ0n) is 12.6. The molecular weight excluding hydrogens is 220 g/mol. The Bertz CT molecular complexity index is 260. The van der Waals surface area contributed by atoms with Gasteiger partial charge in [0.25, 0.3) is 0 Å². The number of rotatable bonds is 6. The van der Waals surface area contributed by atoms with E-state index in [9.17, 15) is 0 Å². The molecule has 2 aliphatic carbocycles. The summed E-state index contributed by atoms with van der Waals surface area (Å²) in [6, 6.07) is 0.643. The van der Waals surface area contributed by atoms with Gasteiger partial charge in [-0.15, -0.1) is 0 Å². The Kier molecular flexibility index (Phi) is 4.71. The lowest BCUT2D eigenvalue weighted by Gasteiger charge is -2.50. The highest BCUT2D eigenvalue weighted by atomic mass is 15.2. The zero-order valence-corrected chi connectivity index (χ0v) is 12.6. The van der Waals surface area contributed by atoms with Gasteiger partial charge in [-0.1, -0.05) is 26.2 Å². The molecule has 0 aromatic rings. The summed E-state index contributed by atoms with van der Waals surface area (Å²) in [5.41, 5.74) is 6.56. The molecule has 2 atom stereocenters. The van der Waals surface area contributed by atoms with Crippen molar-refractivity contribution in [2.45, 2.75) is 77.3 Å². The number of hydrogen-bond acceptors (Lipinski definition) is 2. The molecule has 0 bridgehead atoms. The molecule has 106 valence electrons. The molecule has 0 heterocycles. The highest BCUT2D eigenvalue weighted by Crippen LogP contribution is 2.41. The van der Waals surface area contributed by atoms with Gasteiger partial charge >= 0.3 is 0 Å². The van der Waals surface area contributed by atoms with E-state index in [0.717, 1.165) is 18.4 Å². The van der Waals surface area contributed by atoms with Crippen LogP contribution in [0, 0.1) is 11.8 Å². The van der Waals surface area contributed by atoms with Crippen LogP contribution < -0.4 is 5.73 Å². The van der Waals surface area contributed by atoms with E-state index in [1.807, 2.05) is 0 Å². The fourth-order valence-corrected chi connectivity index (χ4v) is 3.90. The first-order valence-corrected chi connectivity index (χ1v) is 8.08. The van der Waals surface area contributed by atoms with Crippen LogP contribution >= 0.6 is 0 Å². The molecule has 0 spiro atoms. The minimum absolute atomic E-state index is 0.315. The van der Waals surface area contributed by atoms with E-state index in [1.165, 1.54) is 51.5 Å². The Labute approximate surface area is 113 Å². The van der Waals surface area contributed by atoms with E-state index in [4.69, 9.17) is 5.73 Å². The fraction of sp³-hybridized carbons (Fsp3) is 1.00. The molecule has 0 radical (unpaired) electrons. The molecule has 2 aliphatic rings. The van der Waals surface area contributed by atoms with Crippen LogP contribution in [0.5, 0.6) is 0 Å². The Morgan fingerprint density at radius 1 is 1.22 bits per heavy atom. The lowest BCUT2D eigenvalue weighted by atomic mass is 9.73. The van der Waals surface area contributed by atoms with Crippen molar-refractivity contribution in [1.29, 1.82) is 0 Å². The summed E-state index contributed by atoms with van der Waals surface area (Å²) in [5.74, 6) is 1.88. The van der Waals surface area contributed by atoms with Crippen molar-refractivity contribution in [3.8, 4) is 0 Å². The average molecular weight is 252 g/mol. The van der Waals surface area contributed by atoms with Gasteiger partial charge in [-0.25, -0.2) is 0 Å². The van der Waals surface area contributed by atoms with Crippen molar-refractivity contribution < 1.29 is 0 Å². The van der Waals surface area contributed by atoms with Crippen molar-refractivity contribution in [2.75, 3.05) is 13.1 Å². The Hall–Kier alpha value is -0.0800. The molecule has 2 N–H and O–H groups in total. The third-order valence-electron chi connectivity index (χ3n) is 5.26. The maximum absolute atomic E-state index is 6.25. The van der Waals surface area contributed by atoms with E-state index < -0.39 is 0 Å². The fourth-order valence-electron chi connectivity index (χ4n) is 3.90. The molecule has 18 heavy (non-hydrogen) atoms. The van der Waals surface area contributed by atoms with Crippen LogP contribution in [-0.4, -0.2) is 29.6 Å².